The monoisotopic (exact) mass is 304 g/mol. The molecule has 1 aromatic rings. The van der Waals surface area contributed by atoms with Crippen LogP contribution in [0.4, 0.5) is 5.69 Å². The summed E-state index contributed by atoms with van der Waals surface area (Å²) in [7, 11) is 1.68. The molecule has 2 atom stereocenters. The van der Waals surface area contributed by atoms with Gasteiger partial charge < -0.3 is 15.0 Å². The van der Waals surface area contributed by atoms with Crippen LogP contribution in [0.25, 0.3) is 0 Å². The minimum absolute atomic E-state index is 0.658. The number of piperidine rings is 1. The van der Waals surface area contributed by atoms with E-state index in [0.717, 1.165) is 29.0 Å². The Morgan fingerprint density at radius 3 is 2.62 bits per heavy atom. The highest BCUT2D eigenvalue weighted by molar-refractivity contribution is 7.80. The normalized spacial score (nSPS) is 25.1. The van der Waals surface area contributed by atoms with Gasteiger partial charge in [0, 0.05) is 18.3 Å². The molecule has 1 saturated heterocycles. The molecule has 0 spiro atoms. The lowest BCUT2D eigenvalue weighted by Gasteiger charge is -2.45. The van der Waals surface area contributed by atoms with Crippen molar-refractivity contribution in [1.29, 1.82) is 0 Å². The van der Waals surface area contributed by atoms with E-state index in [2.05, 4.69) is 10.2 Å². The van der Waals surface area contributed by atoms with Gasteiger partial charge in [0.25, 0.3) is 0 Å². The van der Waals surface area contributed by atoms with E-state index in [0.29, 0.717) is 6.04 Å². The number of nitrogens with one attached hydrogen (secondary N) is 1. The maximum Gasteiger partial charge on any atom is 0.173 e. The Morgan fingerprint density at radius 1 is 1.14 bits per heavy atom. The van der Waals surface area contributed by atoms with Gasteiger partial charge in [-0.25, -0.2) is 0 Å². The second-order valence-electron chi connectivity index (χ2n) is 6.11. The van der Waals surface area contributed by atoms with Crippen molar-refractivity contribution in [3.8, 4) is 5.75 Å². The highest BCUT2D eigenvalue weighted by Crippen LogP contribution is 2.35. The summed E-state index contributed by atoms with van der Waals surface area (Å²) in [5.74, 6) is 1.72. The van der Waals surface area contributed by atoms with Gasteiger partial charge in [-0.2, -0.15) is 0 Å². The summed E-state index contributed by atoms with van der Waals surface area (Å²) in [6, 6.07) is 8.63. The first-order valence-corrected chi connectivity index (χ1v) is 8.40. The Bertz CT molecular complexity index is 486. The zero-order chi connectivity index (χ0) is 14.7. The molecule has 1 saturated carbocycles. The maximum absolute atomic E-state index is 5.67. The molecular weight excluding hydrogens is 280 g/mol. The van der Waals surface area contributed by atoms with Gasteiger partial charge in [0.05, 0.1) is 7.11 Å². The summed E-state index contributed by atoms with van der Waals surface area (Å²) in [4.78, 5) is 2.44. The van der Waals surface area contributed by atoms with Crippen molar-refractivity contribution in [2.24, 2.45) is 5.92 Å². The number of hydrogen-bond donors (Lipinski definition) is 1. The van der Waals surface area contributed by atoms with Crippen molar-refractivity contribution in [3.63, 3.8) is 0 Å². The van der Waals surface area contributed by atoms with Crippen molar-refractivity contribution in [1.82, 2.24) is 4.90 Å². The lowest BCUT2D eigenvalue weighted by atomic mass is 9.78. The lowest BCUT2D eigenvalue weighted by Crippen LogP contribution is -2.51. The average Bonchev–Trinajstić information content (AvgIpc) is 2.55. The van der Waals surface area contributed by atoms with E-state index in [1.54, 1.807) is 7.11 Å². The average molecular weight is 304 g/mol. The van der Waals surface area contributed by atoms with Crippen LogP contribution < -0.4 is 10.1 Å². The molecular formula is C17H24N2OS. The SMILES string of the molecule is COc1ccc(NC(=S)N2CCC[C@@H]3CCCC[C@H]32)cc1. The van der Waals surface area contributed by atoms with E-state index in [4.69, 9.17) is 17.0 Å². The zero-order valence-electron chi connectivity index (χ0n) is 12.7. The fraction of sp³-hybridized carbons (Fsp3) is 0.588. The number of nitrogens with zero attached hydrogens (tertiary/aromatic N) is 1. The standard InChI is InChI=1S/C17H24N2OS/c1-20-15-10-8-14(9-11-15)18-17(21)19-12-4-6-13-5-2-3-7-16(13)19/h8-11,13,16H,2-7,12H2,1H3,(H,18,21)/t13-,16+/m0/s1. The van der Waals surface area contributed by atoms with Gasteiger partial charge in [-0.05, 0) is 68.1 Å². The first-order valence-electron chi connectivity index (χ1n) is 7.99. The summed E-state index contributed by atoms with van der Waals surface area (Å²) in [5.41, 5.74) is 1.04. The van der Waals surface area contributed by atoms with Crippen LogP contribution in [-0.4, -0.2) is 29.7 Å². The van der Waals surface area contributed by atoms with E-state index < -0.39 is 0 Å². The molecule has 0 unspecified atom stereocenters. The Balaban J connectivity index is 1.65. The lowest BCUT2D eigenvalue weighted by molar-refractivity contribution is 0.121. The molecule has 3 nitrogen and oxygen atoms in total. The number of hydrogen-bond acceptors (Lipinski definition) is 2. The summed E-state index contributed by atoms with van der Waals surface area (Å²) >= 11 is 5.67. The quantitative estimate of drug-likeness (QED) is 0.833. The van der Waals surface area contributed by atoms with E-state index >= 15 is 0 Å². The molecule has 0 bridgehead atoms. The van der Waals surface area contributed by atoms with Crippen LogP contribution in [0.2, 0.25) is 0 Å². The highest BCUT2D eigenvalue weighted by atomic mass is 32.1. The van der Waals surface area contributed by atoms with Crippen molar-refractivity contribution in [3.05, 3.63) is 24.3 Å². The van der Waals surface area contributed by atoms with Crippen LogP contribution in [0.5, 0.6) is 5.75 Å². The molecule has 1 aromatic carbocycles. The number of ether oxygens (including phenoxy) is 1. The second-order valence-corrected chi connectivity index (χ2v) is 6.49. The molecule has 114 valence electrons. The van der Waals surface area contributed by atoms with Crippen LogP contribution >= 0.6 is 12.2 Å². The molecule has 0 aromatic heterocycles. The molecule has 1 aliphatic heterocycles. The van der Waals surface area contributed by atoms with Crippen molar-refractivity contribution < 1.29 is 4.74 Å². The van der Waals surface area contributed by atoms with Crippen molar-refractivity contribution in [2.75, 3.05) is 19.0 Å². The van der Waals surface area contributed by atoms with E-state index in [-0.39, 0.29) is 0 Å². The first-order chi connectivity index (χ1) is 10.3. The van der Waals surface area contributed by atoms with Crippen molar-refractivity contribution in [2.45, 2.75) is 44.6 Å². The second kappa shape index (κ2) is 6.65. The Hall–Kier alpha value is -1.29. The molecule has 3 rings (SSSR count). The van der Waals surface area contributed by atoms with Crippen LogP contribution in [-0.2, 0) is 0 Å². The molecule has 21 heavy (non-hydrogen) atoms. The van der Waals surface area contributed by atoms with Gasteiger partial charge in [-0.3, -0.25) is 0 Å². The van der Waals surface area contributed by atoms with E-state index in [9.17, 15) is 0 Å². The van der Waals surface area contributed by atoms with Crippen LogP contribution in [0, 0.1) is 5.92 Å². The van der Waals surface area contributed by atoms with Crippen LogP contribution in [0.15, 0.2) is 24.3 Å². The number of methoxy groups -OCH3 is 1. The third-order valence-corrected chi connectivity index (χ3v) is 5.18. The van der Waals surface area contributed by atoms with Gasteiger partial charge in [0.2, 0.25) is 0 Å². The highest BCUT2D eigenvalue weighted by Gasteiger charge is 2.34. The fourth-order valence-electron chi connectivity index (χ4n) is 3.75. The summed E-state index contributed by atoms with van der Waals surface area (Å²) < 4.78 is 5.19. The number of likely N-dealkylation sites (tertiary alicyclic amines) is 1. The molecule has 0 amide bonds. The smallest absolute Gasteiger partial charge is 0.173 e. The third kappa shape index (κ3) is 3.31. The number of benzene rings is 1. The van der Waals surface area contributed by atoms with E-state index in [1.807, 2.05) is 24.3 Å². The minimum Gasteiger partial charge on any atom is -0.497 e. The number of anilines is 1. The van der Waals surface area contributed by atoms with Crippen LogP contribution in [0.3, 0.4) is 0 Å². The summed E-state index contributed by atoms with van der Waals surface area (Å²) in [6.45, 7) is 1.10. The summed E-state index contributed by atoms with van der Waals surface area (Å²) in [5, 5.41) is 4.28. The molecule has 4 heteroatoms. The van der Waals surface area contributed by atoms with Gasteiger partial charge in [-0.1, -0.05) is 12.8 Å². The zero-order valence-corrected chi connectivity index (χ0v) is 13.5. The Morgan fingerprint density at radius 2 is 1.86 bits per heavy atom. The maximum atomic E-state index is 5.67. The topological polar surface area (TPSA) is 24.5 Å². The van der Waals surface area contributed by atoms with Crippen LogP contribution in [0.1, 0.15) is 38.5 Å². The van der Waals surface area contributed by atoms with Gasteiger partial charge in [0.15, 0.2) is 5.11 Å². The summed E-state index contributed by atoms with van der Waals surface area (Å²) in [6.07, 6.45) is 8.08. The third-order valence-electron chi connectivity index (χ3n) is 4.85. The number of thiocarbonyl (C=S) groups is 1. The molecule has 1 aliphatic carbocycles. The Kier molecular flexibility index (Phi) is 4.63. The number of fused-ring (bicyclic) bond motifs is 1. The molecule has 1 heterocycles. The Labute approximate surface area is 132 Å². The number of rotatable bonds is 2. The predicted molar refractivity (Wildman–Crippen MR) is 90.9 cm³/mol. The predicted octanol–water partition coefficient (Wildman–Crippen LogP) is 4.05. The fourth-order valence-corrected chi connectivity index (χ4v) is 4.09. The molecule has 2 aliphatic rings. The molecule has 0 radical (unpaired) electrons. The van der Waals surface area contributed by atoms with Gasteiger partial charge in [-0.15, -0.1) is 0 Å². The van der Waals surface area contributed by atoms with Crippen molar-refractivity contribution >= 4 is 23.0 Å². The van der Waals surface area contributed by atoms with Gasteiger partial charge >= 0.3 is 0 Å². The van der Waals surface area contributed by atoms with E-state index in [1.165, 1.54) is 38.5 Å². The largest absolute Gasteiger partial charge is 0.497 e. The minimum atomic E-state index is 0.658. The molecule has 2 fully saturated rings. The first kappa shape index (κ1) is 14.6. The molecule has 1 N–H and O–H groups in total. The van der Waals surface area contributed by atoms with Gasteiger partial charge in [0.1, 0.15) is 5.75 Å².